The van der Waals surface area contributed by atoms with Gasteiger partial charge in [-0.3, -0.25) is 0 Å². The van der Waals surface area contributed by atoms with Crippen molar-refractivity contribution in [1.82, 2.24) is 9.97 Å². The molecule has 0 bridgehead atoms. The van der Waals surface area contributed by atoms with Crippen LogP contribution in [0.5, 0.6) is 5.88 Å². The van der Waals surface area contributed by atoms with Crippen LogP contribution in [-0.4, -0.2) is 23.1 Å². The molecule has 1 rings (SSSR count). The summed E-state index contributed by atoms with van der Waals surface area (Å²) in [6.45, 7) is 3.37. The zero-order valence-corrected chi connectivity index (χ0v) is 9.57. The van der Waals surface area contributed by atoms with E-state index in [-0.39, 0.29) is 0 Å². The fraction of sp³-hybridized carbons (Fsp3) is 0.500. The van der Waals surface area contributed by atoms with Crippen LogP contribution in [0.25, 0.3) is 0 Å². The van der Waals surface area contributed by atoms with Gasteiger partial charge in [0, 0.05) is 25.2 Å². The van der Waals surface area contributed by atoms with Gasteiger partial charge in [-0.1, -0.05) is 0 Å². The van der Waals surface area contributed by atoms with Crippen molar-refractivity contribution < 1.29 is 4.74 Å². The summed E-state index contributed by atoms with van der Waals surface area (Å²) in [6, 6.07) is 1.74. The monoisotopic (exact) mass is 219 g/mol. The Morgan fingerprint density at radius 3 is 3.12 bits per heavy atom. The van der Waals surface area contributed by atoms with Gasteiger partial charge in [-0.05, 0) is 19.8 Å². The van der Waals surface area contributed by atoms with Crippen molar-refractivity contribution in [2.45, 2.75) is 26.2 Å². The van der Waals surface area contributed by atoms with Gasteiger partial charge in [-0.25, -0.2) is 4.98 Å². The van der Waals surface area contributed by atoms with E-state index in [2.05, 4.69) is 21.2 Å². The fourth-order valence-corrected chi connectivity index (χ4v) is 1.21. The van der Waals surface area contributed by atoms with Crippen molar-refractivity contribution in [1.29, 1.82) is 0 Å². The third-order valence-electron chi connectivity index (χ3n) is 1.95. The van der Waals surface area contributed by atoms with E-state index in [1.807, 2.05) is 6.92 Å². The maximum Gasteiger partial charge on any atom is 0.225 e. The molecule has 0 fully saturated rings. The molecule has 0 spiro atoms. The first-order valence-corrected chi connectivity index (χ1v) is 5.50. The maximum atomic E-state index is 5.27. The lowest BCUT2D eigenvalue weighted by molar-refractivity contribution is 0.326. The summed E-state index contributed by atoms with van der Waals surface area (Å²) in [5, 5.41) is 3.13. The molecule has 0 saturated heterocycles. The summed E-state index contributed by atoms with van der Waals surface area (Å²) in [5.74, 6) is 3.82. The molecule has 0 aliphatic carbocycles. The minimum absolute atomic E-state index is 0.601. The number of unbranched alkanes of at least 4 members (excludes halogenated alkanes) is 2. The molecule has 4 heteroatoms. The first-order chi connectivity index (χ1) is 7.86. The molecule has 0 aliphatic heterocycles. The zero-order chi connectivity index (χ0) is 11.6. The van der Waals surface area contributed by atoms with Crippen LogP contribution >= 0.6 is 0 Å². The summed E-state index contributed by atoms with van der Waals surface area (Å²) in [5.41, 5.74) is 0. The molecule has 86 valence electrons. The second kappa shape index (κ2) is 7.52. The van der Waals surface area contributed by atoms with E-state index >= 15 is 0 Å². The topological polar surface area (TPSA) is 47.0 Å². The molecule has 16 heavy (non-hydrogen) atoms. The molecular formula is C12H17N3O. The van der Waals surface area contributed by atoms with Gasteiger partial charge in [0.1, 0.15) is 0 Å². The second-order valence-electron chi connectivity index (χ2n) is 3.24. The van der Waals surface area contributed by atoms with Crippen LogP contribution in [0.2, 0.25) is 0 Å². The Hall–Kier alpha value is -1.76. The van der Waals surface area contributed by atoms with Gasteiger partial charge in [-0.2, -0.15) is 4.98 Å². The predicted octanol–water partition coefficient (Wildman–Crippen LogP) is 2.09. The predicted molar refractivity (Wildman–Crippen MR) is 64.4 cm³/mol. The van der Waals surface area contributed by atoms with Gasteiger partial charge in [0.15, 0.2) is 0 Å². The average molecular weight is 219 g/mol. The van der Waals surface area contributed by atoms with E-state index in [4.69, 9.17) is 11.2 Å². The normalized spacial score (nSPS) is 9.50. The highest BCUT2D eigenvalue weighted by Crippen LogP contribution is 2.08. The zero-order valence-electron chi connectivity index (χ0n) is 9.57. The van der Waals surface area contributed by atoms with Gasteiger partial charge < -0.3 is 10.1 Å². The molecule has 0 aromatic carbocycles. The highest BCUT2D eigenvalue weighted by atomic mass is 16.5. The fourth-order valence-electron chi connectivity index (χ4n) is 1.21. The van der Waals surface area contributed by atoms with Crippen LogP contribution in [0.3, 0.4) is 0 Å². The van der Waals surface area contributed by atoms with Crippen LogP contribution in [0.1, 0.15) is 26.2 Å². The van der Waals surface area contributed by atoms with Crippen molar-refractivity contribution in [3.63, 3.8) is 0 Å². The molecule has 0 saturated carbocycles. The summed E-state index contributed by atoms with van der Waals surface area (Å²) in [4.78, 5) is 8.29. The number of rotatable bonds is 7. The van der Waals surface area contributed by atoms with Gasteiger partial charge in [0.2, 0.25) is 11.8 Å². The Bertz CT molecular complexity index is 346. The Morgan fingerprint density at radius 1 is 1.50 bits per heavy atom. The van der Waals surface area contributed by atoms with Crippen LogP contribution < -0.4 is 10.1 Å². The second-order valence-corrected chi connectivity index (χ2v) is 3.24. The Balaban J connectivity index is 2.30. The number of nitrogens with zero attached hydrogens (tertiary/aromatic N) is 2. The molecule has 4 nitrogen and oxygen atoms in total. The number of hydrogen-bond donors (Lipinski definition) is 1. The van der Waals surface area contributed by atoms with E-state index in [0.717, 1.165) is 25.8 Å². The first-order valence-electron chi connectivity index (χ1n) is 5.50. The van der Waals surface area contributed by atoms with Crippen molar-refractivity contribution in [2.24, 2.45) is 0 Å². The first kappa shape index (κ1) is 12.3. The minimum atomic E-state index is 0.601. The lowest BCUT2D eigenvalue weighted by Crippen LogP contribution is -2.06. The third-order valence-corrected chi connectivity index (χ3v) is 1.95. The van der Waals surface area contributed by atoms with Crippen LogP contribution in [-0.2, 0) is 0 Å². The SMILES string of the molecule is C#CCCCCNc1nccc(OCC)n1. The summed E-state index contributed by atoms with van der Waals surface area (Å²) < 4.78 is 5.27. The van der Waals surface area contributed by atoms with Crippen LogP contribution in [0.4, 0.5) is 5.95 Å². The lowest BCUT2D eigenvalue weighted by Gasteiger charge is -2.05. The van der Waals surface area contributed by atoms with E-state index in [1.165, 1.54) is 0 Å². The molecule has 1 N–H and O–H groups in total. The lowest BCUT2D eigenvalue weighted by atomic mass is 10.2. The number of aromatic nitrogens is 2. The molecular weight excluding hydrogens is 202 g/mol. The van der Waals surface area contributed by atoms with E-state index in [9.17, 15) is 0 Å². The van der Waals surface area contributed by atoms with Gasteiger partial charge in [-0.15, -0.1) is 12.3 Å². The Morgan fingerprint density at radius 2 is 2.38 bits per heavy atom. The highest BCUT2D eigenvalue weighted by molar-refractivity contribution is 5.27. The van der Waals surface area contributed by atoms with Crippen molar-refractivity contribution in [3.05, 3.63) is 12.3 Å². The average Bonchev–Trinajstić information content (AvgIpc) is 2.30. The minimum Gasteiger partial charge on any atom is -0.478 e. The van der Waals surface area contributed by atoms with Crippen molar-refractivity contribution in [3.8, 4) is 18.2 Å². The Kier molecular flexibility index (Phi) is 5.79. The Labute approximate surface area is 96.5 Å². The van der Waals surface area contributed by atoms with Gasteiger partial charge >= 0.3 is 0 Å². The molecule has 1 aromatic heterocycles. The molecule has 0 amide bonds. The van der Waals surface area contributed by atoms with Gasteiger partial charge in [0.05, 0.1) is 6.61 Å². The summed E-state index contributed by atoms with van der Waals surface area (Å²) in [7, 11) is 0. The number of nitrogens with one attached hydrogen (secondary N) is 1. The summed E-state index contributed by atoms with van der Waals surface area (Å²) >= 11 is 0. The molecule has 0 radical (unpaired) electrons. The number of ether oxygens (including phenoxy) is 1. The number of terminal acetylenes is 1. The molecule has 0 unspecified atom stereocenters. The number of hydrogen-bond acceptors (Lipinski definition) is 4. The van der Waals surface area contributed by atoms with Gasteiger partial charge in [0.25, 0.3) is 0 Å². The van der Waals surface area contributed by atoms with Crippen LogP contribution in [0, 0.1) is 12.3 Å². The molecule has 1 heterocycles. The molecule has 1 aromatic rings. The maximum absolute atomic E-state index is 5.27. The van der Waals surface area contributed by atoms with Crippen molar-refractivity contribution >= 4 is 5.95 Å². The van der Waals surface area contributed by atoms with E-state index in [1.54, 1.807) is 12.3 Å². The third kappa shape index (κ3) is 4.65. The molecule has 0 aliphatic rings. The van der Waals surface area contributed by atoms with E-state index < -0.39 is 0 Å². The largest absolute Gasteiger partial charge is 0.478 e. The van der Waals surface area contributed by atoms with Crippen LogP contribution in [0.15, 0.2) is 12.3 Å². The smallest absolute Gasteiger partial charge is 0.225 e. The summed E-state index contributed by atoms with van der Waals surface area (Å²) in [6.07, 6.45) is 9.71. The van der Waals surface area contributed by atoms with E-state index in [0.29, 0.717) is 18.4 Å². The molecule has 0 atom stereocenters. The van der Waals surface area contributed by atoms with Crippen molar-refractivity contribution in [2.75, 3.05) is 18.5 Å². The quantitative estimate of drug-likeness (QED) is 0.563. The highest BCUT2D eigenvalue weighted by Gasteiger charge is 1.98. The standard InChI is InChI=1S/C12H17N3O/c1-3-5-6-7-9-13-12-14-10-8-11(15-12)16-4-2/h1,8,10H,4-7,9H2,2H3,(H,13,14,15). The number of anilines is 1.